The highest BCUT2D eigenvalue weighted by atomic mass is 32.2. The highest BCUT2D eigenvalue weighted by Gasteiger charge is 2.35. The monoisotopic (exact) mass is 133 g/mol. The molecular weight excluding hydrogens is 126 g/mol. The van der Waals surface area contributed by atoms with Crippen LogP contribution in [0.4, 0.5) is 0 Å². The van der Waals surface area contributed by atoms with Crippen LogP contribution in [0.15, 0.2) is 10.2 Å². The van der Waals surface area contributed by atoms with Crippen LogP contribution in [0, 0.1) is 0 Å². The Hall–Kier alpha value is -0.290. The summed E-state index contributed by atoms with van der Waals surface area (Å²) in [5, 5.41) is 12.2. The zero-order valence-corrected chi connectivity index (χ0v) is 5.31. The van der Waals surface area contributed by atoms with Gasteiger partial charge in [0.1, 0.15) is 0 Å². The second kappa shape index (κ2) is 1.60. The van der Waals surface area contributed by atoms with Crippen molar-refractivity contribution in [2.75, 3.05) is 5.75 Å². The molecule has 0 fully saturated rings. The first-order valence-corrected chi connectivity index (χ1v) is 3.57. The summed E-state index contributed by atoms with van der Waals surface area (Å²) >= 11 is 0. The first kappa shape index (κ1) is 5.84. The van der Waals surface area contributed by atoms with E-state index in [0.29, 0.717) is 5.75 Å². The van der Waals surface area contributed by atoms with Gasteiger partial charge in [0.25, 0.3) is 0 Å². The summed E-state index contributed by atoms with van der Waals surface area (Å²) in [6, 6.07) is 0. The van der Waals surface area contributed by atoms with Gasteiger partial charge in [-0.15, -0.1) is 0 Å². The lowest BCUT2D eigenvalue weighted by Crippen LogP contribution is -2.20. The molecule has 0 aromatic heterocycles. The number of hydrogen-bond donors (Lipinski definition) is 1. The van der Waals surface area contributed by atoms with Crippen molar-refractivity contribution in [1.29, 1.82) is 0 Å². The van der Waals surface area contributed by atoms with E-state index in [2.05, 4.69) is 10.2 Å². The Balaban J connectivity index is 2.31. The van der Waals surface area contributed by atoms with Crippen molar-refractivity contribution in [3.8, 4) is 0 Å². The molecule has 0 bridgehead atoms. The Morgan fingerprint density at radius 1 is 1.75 bits per heavy atom. The van der Waals surface area contributed by atoms with Crippen LogP contribution in [0.25, 0.3) is 0 Å². The van der Waals surface area contributed by atoms with Crippen LogP contribution in [0.2, 0.25) is 0 Å². The fraction of sp³-hybridized carbons (Fsp3) is 1.00. The lowest BCUT2D eigenvalue weighted by Gasteiger charge is -1.95. The van der Waals surface area contributed by atoms with Crippen LogP contribution in [0.1, 0.15) is 6.92 Å². The Morgan fingerprint density at radius 3 is 2.38 bits per heavy atom. The van der Waals surface area contributed by atoms with Crippen molar-refractivity contribution in [3.63, 3.8) is 0 Å². The van der Waals surface area contributed by atoms with Gasteiger partial charge in [-0.3, -0.25) is 5.14 Å². The molecule has 0 aromatic rings. The van der Waals surface area contributed by atoms with Crippen molar-refractivity contribution < 1.29 is 4.21 Å². The molecule has 46 valence electrons. The molecule has 1 heterocycles. The van der Waals surface area contributed by atoms with Gasteiger partial charge in [-0.2, -0.15) is 10.2 Å². The third-order valence-corrected chi connectivity index (χ3v) is 1.69. The van der Waals surface area contributed by atoms with Crippen LogP contribution < -0.4 is 5.14 Å². The molecule has 1 aliphatic rings. The molecule has 1 rings (SSSR count). The molecule has 1 aliphatic heterocycles. The summed E-state index contributed by atoms with van der Waals surface area (Å²) in [7, 11) is -1.26. The van der Waals surface area contributed by atoms with Crippen LogP contribution in [-0.4, -0.2) is 15.6 Å². The van der Waals surface area contributed by atoms with E-state index in [4.69, 9.17) is 5.14 Å². The van der Waals surface area contributed by atoms with E-state index in [1.165, 1.54) is 0 Å². The third-order valence-electron chi connectivity index (χ3n) is 0.857. The second-order valence-corrected chi connectivity index (χ2v) is 2.99. The van der Waals surface area contributed by atoms with Crippen LogP contribution in [0.5, 0.6) is 0 Å². The van der Waals surface area contributed by atoms with Gasteiger partial charge in [-0.25, -0.2) is 4.21 Å². The number of hydrogen-bond acceptors (Lipinski definition) is 3. The quantitative estimate of drug-likeness (QED) is 0.556. The summed E-state index contributed by atoms with van der Waals surface area (Å²) in [5.74, 6) is 0.354. The molecule has 0 radical (unpaired) electrons. The average molecular weight is 133 g/mol. The minimum Gasteiger partial charge on any atom is -0.252 e. The molecular formula is C3H7N3OS. The SMILES string of the molecule is CC1(CS(N)=O)N=N1. The Labute approximate surface area is 49.8 Å². The Bertz CT molecular complexity index is 149. The van der Waals surface area contributed by atoms with Crippen LogP contribution in [0.3, 0.4) is 0 Å². The van der Waals surface area contributed by atoms with E-state index in [1.807, 2.05) is 0 Å². The molecule has 0 aromatic carbocycles. The second-order valence-electron chi connectivity index (χ2n) is 1.94. The molecule has 0 saturated heterocycles. The maximum Gasteiger partial charge on any atom is 0.200 e. The van der Waals surface area contributed by atoms with Crippen molar-refractivity contribution in [3.05, 3.63) is 0 Å². The van der Waals surface area contributed by atoms with E-state index >= 15 is 0 Å². The lowest BCUT2D eigenvalue weighted by atomic mass is 10.3. The highest BCUT2D eigenvalue weighted by Crippen LogP contribution is 2.26. The average Bonchev–Trinajstić information content (AvgIpc) is 2.17. The van der Waals surface area contributed by atoms with E-state index in [-0.39, 0.29) is 0 Å². The molecule has 5 heteroatoms. The zero-order valence-electron chi connectivity index (χ0n) is 4.50. The number of nitrogens with two attached hydrogens (primary N) is 1. The molecule has 4 nitrogen and oxygen atoms in total. The van der Waals surface area contributed by atoms with Gasteiger partial charge in [-0.05, 0) is 6.92 Å². The van der Waals surface area contributed by atoms with Gasteiger partial charge in [0.05, 0.1) is 16.7 Å². The van der Waals surface area contributed by atoms with Gasteiger partial charge in [0.15, 0.2) is 0 Å². The van der Waals surface area contributed by atoms with Crippen molar-refractivity contribution in [1.82, 2.24) is 0 Å². The van der Waals surface area contributed by atoms with Gasteiger partial charge >= 0.3 is 0 Å². The van der Waals surface area contributed by atoms with Gasteiger partial charge in [0, 0.05) is 0 Å². The molecule has 8 heavy (non-hydrogen) atoms. The minimum absolute atomic E-state index is 0.354. The van der Waals surface area contributed by atoms with E-state index in [1.54, 1.807) is 6.92 Å². The van der Waals surface area contributed by atoms with E-state index < -0.39 is 16.6 Å². The molecule has 0 saturated carbocycles. The van der Waals surface area contributed by atoms with Crippen molar-refractivity contribution in [2.45, 2.75) is 12.6 Å². The standard InChI is InChI=1S/C3H7N3OS/c1-3(5-6-3)2-8(4)7/h2,4H2,1H3. The highest BCUT2D eigenvalue weighted by molar-refractivity contribution is 7.82. The first-order valence-electron chi connectivity index (χ1n) is 2.19. The summed E-state index contributed by atoms with van der Waals surface area (Å²) in [5.41, 5.74) is -0.403. The van der Waals surface area contributed by atoms with Crippen LogP contribution in [-0.2, 0) is 11.0 Å². The Kier molecular flexibility index (Phi) is 1.16. The molecule has 1 atom stereocenters. The normalized spacial score (nSPS) is 25.2. The molecule has 1 unspecified atom stereocenters. The summed E-state index contributed by atoms with van der Waals surface area (Å²) in [6.07, 6.45) is 0. The van der Waals surface area contributed by atoms with Gasteiger partial charge < -0.3 is 0 Å². The Morgan fingerprint density at radius 2 is 2.25 bits per heavy atom. The predicted molar refractivity (Wildman–Crippen MR) is 30.5 cm³/mol. The summed E-state index contributed by atoms with van der Waals surface area (Å²) in [6.45, 7) is 1.79. The fourth-order valence-electron chi connectivity index (χ4n) is 0.413. The number of nitrogens with zero attached hydrogens (tertiary/aromatic N) is 2. The molecule has 0 spiro atoms. The van der Waals surface area contributed by atoms with Crippen molar-refractivity contribution in [2.24, 2.45) is 15.4 Å². The maximum atomic E-state index is 10.3. The van der Waals surface area contributed by atoms with E-state index in [9.17, 15) is 4.21 Å². The molecule has 0 aliphatic carbocycles. The molecule has 2 N–H and O–H groups in total. The third kappa shape index (κ3) is 1.34. The lowest BCUT2D eigenvalue weighted by molar-refractivity contribution is 0.669. The predicted octanol–water partition coefficient (Wildman–Crippen LogP) is -0.209. The minimum atomic E-state index is -1.26. The fourth-order valence-corrected chi connectivity index (χ4v) is 1.07. The van der Waals surface area contributed by atoms with Crippen LogP contribution >= 0.6 is 0 Å². The van der Waals surface area contributed by atoms with E-state index in [0.717, 1.165) is 0 Å². The smallest absolute Gasteiger partial charge is 0.200 e. The summed E-state index contributed by atoms with van der Waals surface area (Å²) in [4.78, 5) is 0. The largest absolute Gasteiger partial charge is 0.252 e. The molecule has 0 amide bonds. The van der Waals surface area contributed by atoms with Crippen molar-refractivity contribution >= 4 is 11.0 Å². The maximum absolute atomic E-state index is 10.3. The summed E-state index contributed by atoms with van der Waals surface area (Å²) < 4.78 is 10.3. The van der Waals surface area contributed by atoms with Gasteiger partial charge in [-0.1, -0.05) is 0 Å². The number of rotatable bonds is 2. The first-order chi connectivity index (χ1) is 3.62. The zero-order chi connectivity index (χ0) is 6.20. The van der Waals surface area contributed by atoms with Gasteiger partial charge in [0.2, 0.25) is 5.66 Å². The topological polar surface area (TPSA) is 67.8 Å².